The molecule has 0 amide bonds. The van der Waals surface area contributed by atoms with Gasteiger partial charge in [0.25, 0.3) is 0 Å². The molecule has 3 rings (SSSR count). The van der Waals surface area contributed by atoms with Crippen LogP contribution in [0.25, 0.3) is 0 Å². The molecule has 1 aromatic carbocycles. The predicted octanol–water partition coefficient (Wildman–Crippen LogP) is 2.28. The Morgan fingerprint density at radius 1 is 1.29 bits per heavy atom. The highest BCUT2D eigenvalue weighted by Crippen LogP contribution is 2.17. The van der Waals surface area contributed by atoms with Crippen LogP contribution in [-0.4, -0.2) is 35.8 Å². The predicted molar refractivity (Wildman–Crippen MR) is 80.4 cm³/mol. The average Bonchev–Trinajstić information content (AvgIpc) is 2.54. The zero-order valence-corrected chi connectivity index (χ0v) is 12.1. The van der Waals surface area contributed by atoms with E-state index in [2.05, 4.69) is 21.8 Å². The number of aromatic nitrogens is 2. The summed E-state index contributed by atoms with van der Waals surface area (Å²) < 4.78 is 11.3. The van der Waals surface area contributed by atoms with Crippen molar-refractivity contribution in [1.29, 1.82) is 0 Å². The van der Waals surface area contributed by atoms with Crippen LogP contribution in [0.3, 0.4) is 0 Å². The molecule has 21 heavy (non-hydrogen) atoms. The van der Waals surface area contributed by atoms with Crippen molar-refractivity contribution in [2.24, 2.45) is 0 Å². The molecule has 1 fully saturated rings. The highest BCUT2D eigenvalue weighted by atomic mass is 16.5. The minimum absolute atomic E-state index is 0.217. The van der Waals surface area contributed by atoms with Gasteiger partial charge in [-0.3, -0.25) is 4.98 Å². The fourth-order valence-electron chi connectivity index (χ4n) is 2.32. The quantitative estimate of drug-likeness (QED) is 0.862. The summed E-state index contributed by atoms with van der Waals surface area (Å²) in [6.45, 7) is 4.95. The van der Waals surface area contributed by atoms with Gasteiger partial charge >= 0.3 is 0 Å². The van der Waals surface area contributed by atoms with Crippen molar-refractivity contribution in [2.45, 2.75) is 19.6 Å². The number of hydrogen-bond acceptors (Lipinski definition) is 5. The molecule has 2 aromatic rings. The molecule has 110 valence electrons. The molecule has 0 unspecified atom stereocenters. The van der Waals surface area contributed by atoms with Gasteiger partial charge in [0, 0.05) is 13.1 Å². The highest BCUT2D eigenvalue weighted by molar-refractivity contribution is 5.38. The fourth-order valence-corrected chi connectivity index (χ4v) is 2.32. The molecule has 0 saturated carbocycles. The first kappa shape index (κ1) is 13.8. The van der Waals surface area contributed by atoms with E-state index in [0.717, 1.165) is 31.1 Å². The monoisotopic (exact) mass is 285 g/mol. The Morgan fingerprint density at radius 2 is 2.14 bits per heavy atom. The SMILES string of the molecule is C[C@H]1CN(c2cncc(OCc3ccccc3)n2)CCO1. The van der Waals surface area contributed by atoms with Crippen LogP contribution >= 0.6 is 0 Å². The molecule has 0 aliphatic carbocycles. The van der Waals surface area contributed by atoms with Crippen molar-refractivity contribution < 1.29 is 9.47 Å². The van der Waals surface area contributed by atoms with Crippen molar-refractivity contribution in [1.82, 2.24) is 9.97 Å². The number of anilines is 1. The second kappa shape index (κ2) is 6.54. The molecule has 0 radical (unpaired) electrons. The minimum atomic E-state index is 0.217. The van der Waals surface area contributed by atoms with Gasteiger partial charge in [0.1, 0.15) is 6.61 Å². The Hall–Kier alpha value is -2.14. The van der Waals surface area contributed by atoms with E-state index in [1.54, 1.807) is 12.4 Å². The lowest BCUT2D eigenvalue weighted by Gasteiger charge is -2.31. The summed E-state index contributed by atoms with van der Waals surface area (Å²) in [5.41, 5.74) is 1.12. The molecule has 1 saturated heterocycles. The second-order valence-corrected chi connectivity index (χ2v) is 5.12. The van der Waals surface area contributed by atoms with Crippen molar-refractivity contribution in [3.8, 4) is 5.88 Å². The van der Waals surface area contributed by atoms with Gasteiger partial charge in [0.05, 0.1) is 25.1 Å². The van der Waals surface area contributed by atoms with Gasteiger partial charge in [-0.25, -0.2) is 0 Å². The van der Waals surface area contributed by atoms with Crippen molar-refractivity contribution >= 4 is 5.82 Å². The Kier molecular flexibility index (Phi) is 4.31. The van der Waals surface area contributed by atoms with Crippen LogP contribution < -0.4 is 9.64 Å². The first-order valence-electron chi connectivity index (χ1n) is 7.16. The van der Waals surface area contributed by atoms with Crippen LogP contribution in [0.1, 0.15) is 12.5 Å². The van der Waals surface area contributed by atoms with E-state index in [1.165, 1.54) is 0 Å². The molecule has 1 atom stereocenters. The molecule has 5 nitrogen and oxygen atoms in total. The number of nitrogens with zero attached hydrogens (tertiary/aromatic N) is 3. The smallest absolute Gasteiger partial charge is 0.234 e. The van der Waals surface area contributed by atoms with Gasteiger partial charge in [-0.2, -0.15) is 4.98 Å². The summed E-state index contributed by atoms with van der Waals surface area (Å²) in [6, 6.07) is 10.0. The molecule has 0 bridgehead atoms. The molecule has 1 aliphatic heterocycles. The molecule has 2 heterocycles. The minimum Gasteiger partial charge on any atom is -0.472 e. The summed E-state index contributed by atoms with van der Waals surface area (Å²) in [7, 11) is 0. The van der Waals surface area contributed by atoms with E-state index in [0.29, 0.717) is 12.5 Å². The number of ether oxygens (including phenoxy) is 2. The van der Waals surface area contributed by atoms with E-state index in [1.807, 2.05) is 30.3 Å². The molecule has 0 N–H and O–H groups in total. The summed E-state index contributed by atoms with van der Waals surface area (Å²) in [5.74, 6) is 1.39. The van der Waals surface area contributed by atoms with Gasteiger partial charge in [0.2, 0.25) is 5.88 Å². The van der Waals surface area contributed by atoms with Gasteiger partial charge in [-0.1, -0.05) is 30.3 Å². The average molecular weight is 285 g/mol. The van der Waals surface area contributed by atoms with Crippen LogP contribution in [0.15, 0.2) is 42.7 Å². The first-order chi connectivity index (χ1) is 10.3. The number of morpholine rings is 1. The van der Waals surface area contributed by atoms with Crippen molar-refractivity contribution in [3.63, 3.8) is 0 Å². The maximum atomic E-state index is 5.72. The maximum Gasteiger partial charge on any atom is 0.234 e. The Balaban J connectivity index is 1.65. The molecular weight excluding hydrogens is 266 g/mol. The molecule has 1 aromatic heterocycles. The third-order valence-electron chi connectivity index (χ3n) is 3.39. The largest absolute Gasteiger partial charge is 0.472 e. The summed E-state index contributed by atoms with van der Waals surface area (Å²) in [6.07, 6.45) is 3.64. The van der Waals surface area contributed by atoms with Crippen LogP contribution in [0.2, 0.25) is 0 Å². The van der Waals surface area contributed by atoms with Crippen molar-refractivity contribution in [3.05, 3.63) is 48.3 Å². The molecule has 5 heteroatoms. The van der Waals surface area contributed by atoms with E-state index >= 15 is 0 Å². The molecule has 1 aliphatic rings. The summed E-state index contributed by atoms with van der Waals surface area (Å²) >= 11 is 0. The summed E-state index contributed by atoms with van der Waals surface area (Å²) in [4.78, 5) is 10.9. The zero-order chi connectivity index (χ0) is 14.5. The maximum absolute atomic E-state index is 5.72. The third-order valence-corrected chi connectivity index (χ3v) is 3.39. The zero-order valence-electron chi connectivity index (χ0n) is 12.1. The Labute approximate surface area is 124 Å². The lowest BCUT2D eigenvalue weighted by molar-refractivity contribution is 0.0528. The van der Waals surface area contributed by atoms with Gasteiger partial charge in [-0.05, 0) is 12.5 Å². The van der Waals surface area contributed by atoms with E-state index < -0.39 is 0 Å². The van der Waals surface area contributed by atoms with Crippen LogP contribution in [0.4, 0.5) is 5.82 Å². The van der Waals surface area contributed by atoms with Gasteiger partial charge in [0.15, 0.2) is 5.82 Å². The Morgan fingerprint density at radius 3 is 2.95 bits per heavy atom. The standard InChI is InChI=1S/C16H19N3O2/c1-13-11-19(7-8-20-13)15-9-17-10-16(18-15)21-12-14-5-3-2-4-6-14/h2-6,9-10,13H,7-8,11-12H2,1H3/t13-/m0/s1. The van der Waals surface area contributed by atoms with Gasteiger partial charge < -0.3 is 14.4 Å². The highest BCUT2D eigenvalue weighted by Gasteiger charge is 2.18. The Bertz CT molecular complexity index is 577. The second-order valence-electron chi connectivity index (χ2n) is 5.12. The molecule has 0 spiro atoms. The topological polar surface area (TPSA) is 47.5 Å². The van der Waals surface area contributed by atoms with Gasteiger partial charge in [-0.15, -0.1) is 0 Å². The number of hydrogen-bond donors (Lipinski definition) is 0. The number of benzene rings is 1. The van der Waals surface area contributed by atoms with E-state index in [-0.39, 0.29) is 6.10 Å². The normalized spacial score (nSPS) is 18.5. The molecular formula is C16H19N3O2. The summed E-state index contributed by atoms with van der Waals surface area (Å²) in [5, 5.41) is 0. The van der Waals surface area contributed by atoms with E-state index in [4.69, 9.17) is 9.47 Å². The fraction of sp³-hybridized carbons (Fsp3) is 0.375. The van der Waals surface area contributed by atoms with E-state index in [9.17, 15) is 0 Å². The lowest BCUT2D eigenvalue weighted by atomic mass is 10.2. The first-order valence-corrected chi connectivity index (χ1v) is 7.16. The van der Waals surface area contributed by atoms with Crippen LogP contribution in [-0.2, 0) is 11.3 Å². The van der Waals surface area contributed by atoms with Crippen molar-refractivity contribution in [2.75, 3.05) is 24.6 Å². The lowest BCUT2D eigenvalue weighted by Crippen LogP contribution is -2.41. The third kappa shape index (κ3) is 3.70. The number of rotatable bonds is 4. The van der Waals surface area contributed by atoms with Crippen LogP contribution in [0, 0.1) is 0 Å². The van der Waals surface area contributed by atoms with Crippen LogP contribution in [0.5, 0.6) is 5.88 Å².